The monoisotopic (exact) mass is 651 g/mol. The SMILES string of the molecule is CC(=O)Oc1ccccc1C(=O)O.CC(C)(C)c1ccc(C(O)CCCN2CCC(C(O)(c3ccccc3)c3ccccc3)CC2)cc1. The summed E-state index contributed by atoms with van der Waals surface area (Å²) < 4.78 is 4.69. The molecular weight excluding hydrogens is 602 g/mol. The smallest absolute Gasteiger partial charge is 0.339 e. The number of likely N-dealkylation sites (tertiary alicyclic amines) is 1. The summed E-state index contributed by atoms with van der Waals surface area (Å²) in [5, 5.41) is 31.4. The van der Waals surface area contributed by atoms with Gasteiger partial charge < -0.3 is 25.0 Å². The van der Waals surface area contributed by atoms with Crippen molar-refractivity contribution in [2.75, 3.05) is 19.6 Å². The van der Waals surface area contributed by atoms with Crippen molar-refractivity contribution in [2.45, 2.75) is 70.5 Å². The van der Waals surface area contributed by atoms with Crippen molar-refractivity contribution in [2.24, 2.45) is 5.92 Å². The summed E-state index contributed by atoms with van der Waals surface area (Å²) in [7, 11) is 0. The highest BCUT2D eigenvalue weighted by Gasteiger charge is 2.41. The van der Waals surface area contributed by atoms with Crippen molar-refractivity contribution in [3.63, 3.8) is 0 Å². The first kappa shape index (κ1) is 36.5. The molecule has 1 fully saturated rings. The number of aromatic carboxylic acids is 1. The van der Waals surface area contributed by atoms with Gasteiger partial charge in [0.1, 0.15) is 16.9 Å². The van der Waals surface area contributed by atoms with Gasteiger partial charge >= 0.3 is 11.9 Å². The van der Waals surface area contributed by atoms with E-state index in [1.54, 1.807) is 12.1 Å². The summed E-state index contributed by atoms with van der Waals surface area (Å²) in [6, 6.07) is 34.7. The Morgan fingerprint density at radius 1 is 0.792 bits per heavy atom. The lowest BCUT2D eigenvalue weighted by atomic mass is 9.72. The molecular formula is C41H49NO6. The Labute approximate surface area is 284 Å². The van der Waals surface area contributed by atoms with Crippen LogP contribution < -0.4 is 4.74 Å². The predicted octanol–water partition coefficient (Wildman–Crippen LogP) is 7.76. The number of ether oxygens (including phenoxy) is 1. The van der Waals surface area contributed by atoms with Gasteiger partial charge in [-0.3, -0.25) is 4.79 Å². The molecule has 5 rings (SSSR count). The van der Waals surface area contributed by atoms with E-state index >= 15 is 0 Å². The van der Waals surface area contributed by atoms with Gasteiger partial charge in [-0.1, -0.05) is 118 Å². The maximum Gasteiger partial charge on any atom is 0.339 e. The van der Waals surface area contributed by atoms with Crippen LogP contribution in [0.3, 0.4) is 0 Å². The van der Waals surface area contributed by atoms with Gasteiger partial charge in [-0.25, -0.2) is 4.79 Å². The van der Waals surface area contributed by atoms with E-state index in [1.807, 2.05) is 36.4 Å². The molecule has 0 radical (unpaired) electrons. The Bertz CT molecular complexity index is 1550. The molecule has 4 aromatic carbocycles. The van der Waals surface area contributed by atoms with Gasteiger partial charge in [0, 0.05) is 6.92 Å². The third-order valence-corrected chi connectivity index (χ3v) is 9.09. The quantitative estimate of drug-likeness (QED) is 0.119. The number of carboxylic acid groups (broad SMARTS) is 1. The minimum Gasteiger partial charge on any atom is -0.478 e. The molecule has 1 aliphatic rings. The fourth-order valence-electron chi connectivity index (χ4n) is 6.36. The largest absolute Gasteiger partial charge is 0.478 e. The van der Waals surface area contributed by atoms with E-state index in [2.05, 4.69) is 78.9 Å². The number of carbonyl (C=O) groups is 2. The number of carboxylic acids is 1. The van der Waals surface area contributed by atoms with Crippen LogP contribution in [-0.2, 0) is 15.8 Å². The number of benzene rings is 4. The van der Waals surface area contributed by atoms with Crippen LogP contribution in [0.25, 0.3) is 0 Å². The molecule has 7 heteroatoms. The highest BCUT2D eigenvalue weighted by atomic mass is 16.5. The minimum absolute atomic E-state index is 0.0160. The van der Waals surface area contributed by atoms with Crippen molar-refractivity contribution in [3.05, 3.63) is 137 Å². The highest BCUT2D eigenvalue weighted by Crippen LogP contribution is 2.42. The predicted molar refractivity (Wildman–Crippen MR) is 189 cm³/mol. The molecule has 7 nitrogen and oxygen atoms in total. The Morgan fingerprint density at radius 2 is 1.31 bits per heavy atom. The summed E-state index contributed by atoms with van der Waals surface area (Å²) >= 11 is 0. The molecule has 0 amide bonds. The standard InChI is InChI=1S/C32H41NO2.C9H8O4/c1-31(2,3)26-18-16-25(17-19-26)30(34)15-10-22-33-23-20-29(21-24-33)32(35,27-11-6-4-7-12-27)28-13-8-5-9-14-28;1-6(10)13-8-5-3-2-4-7(8)9(11)12/h4-9,11-14,16-19,29-30,34-35H,10,15,20-24H2,1-3H3;2-5H,1H3,(H,11,12). The van der Waals surface area contributed by atoms with Crippen molar-refractivity contribution >= 4 is 11.9 Å². The second-order valence-electron chi connectivity index (χ2n) is 13.5. The van der Waals surface area contributed by atoms with Gasteiger partial charge in [0.25, 0.3) is 0 Å². The summed E-state index contributed by atoms with van der Waals surface area (Å²) in [6.45, 7) is 10.8. The number of rotatable bonds is 10. The van der Waals surface area contributed by atoms with Crippen LogP contribution in [-0.4, -0.2) is 51.8 Å². The zero-order valence-corrected chi connectivity index (χ0v) is 28.5. The Morgan fingerprint density at radius 3 is 1.81 bits per heavy atom. The van der Waals surface area contributed by atoms with E-state index in [0.29, 0.717) is 0 Å². The number of aliphatic hydroxyl groups is 2. The van der Waals surface area contributed by atoms with Crippen molar-refractivity contribution < 1.29 is 29.6 Å². The maximum absolute atomic E-state index is 12.1. The van der Waals surface area contributed by atoms with Crippen LogP contribution in [0.15, 0.2) is 109 Å². The van der Waals surface area contributed by atoms with Gasteiger partial charge in [0.2, 0.25) is 0 Å². The third kappa shape index (κ3) is 9.63. The first-order valence-electron chi connectivity index (χ1n) is 16.7. The maximum atomic E-state index is 12.1. The first-order chi connectivity index (χ1) is 22.9. The highest BCUT2D eigenvalue weighted by molar-refractivity contribution is 5.91. The summed E-state index contributed by atoms with van der Waals surface area (Å²) in [6.07, 6.45) is 3.23. The normalized spacial score (nSPS) is 14.8. The van der Waals surface area contributed by atoms with E-state index in [9.17, 15) is 19.8 Å². The zero-order chi connectivity index (χ0) is 34.7. The number of piperidine rings is 1. The van der Waals surface area contributed by atoms with Crippen LogP contribution in [0.2, 0.25) is 0 Å². The number of para-hydroxylation sites is 1. The molecule has 1 atom stereocenters. The van der Waals surface area contributed by atoms with Crippen molar-refractivity contribution in [1.29, 1.82) is 0 Å². The Kier molecular flexibility index (Phi) is 12.7. The van der Waals surface area contributed by atoms with Gasteiger partial charge in [-0.15, -0.1) is 0 Å². The molecule has 0 saturated carbocycles. The lowest BCUT2D eigenvalue weighted by Gasteiger charge is -2.42. The summed E-state index contributed by atoms with van der Waals surface area (Å²) in [4.78, 5) is 23.7. The second kappa shape index (κ2) is 16.7. The number of hydrogen-bond acceptors (Lipinski definition) is 6. The molecule has 1 aliphatic heterocycles. The topological polar surface area (TPSA) is 107 Å². The van der Waals surface area contributed by atoms with Crippen LogP contribution >= 0.6 is 0 Å². The number of hydrogen-bond donors (Lipinski definition) is 3. The van der Waals surface area contributed by atoms with Crippen LogP contribution in [0, 0.1) is 5.92 Å². The van der Waals surface area contributed by atoms with E-state index in [-0.39, 0.29) is 22.6 Å². The average Bonchev–Trinajstić information content (AvgIpc) is 3.09. The van der Waals surface area contributed by atoms with Gasteiger partial charge in [-0.2, -0.15) is 0 Å². The first-order valence-corrected chi connectivity index (χ1v) is 16.7. The summed E-state index contributed by atoms with van der Waals surface area (Å²) in [5.74, 6) is -1.40. The molecule has 3 N–H and O–H groups in total. The zero-order valence-electron chi connectivity index (χ0n) is 28.5. The molecule has 254 valence electrons. The molecule has 4 aromatic rings. The summed E-state index contributed by atoms with van der Waals surface area (Å²) in [5.41, 5.74) is 3.40. The van der Waals surface area contributed by atoms with Crippen LogP contribution in [0.4, 0.5) is 0 Å². The molecule has 1 saturated heterocycles. The number of nitrogens with zero attached hydrogens (tertiary/aromatic N) is 1. The molecule has 0 aliphatic carbocycles. The lowest BCUT2D eigenvalue weighted by Crippen LogP contribution is -2.44. The third-order valence-electron chi connectivity index (χ3n) is 9.09. The number of aliphatic hydroxyl groups excluding tert-OH is 1. The molecule has 0 aromatic heterocycles. The molecule has 1 heterocycles. The molecule has 48 heavy (non-hydrogen) atoms. The van der Waals surface area contributed by atoms with Crippen molar-refractivity contribution in [3.8, 4) is 5.75 Å². The molecule has 0 spiro atoms. The average molecular weight is 652 g/mol. The van der Waals surface area contributed by atoms with Crippen LogP contribution in [0.1, 0.15) is 92.1 Å². The number of carbonyl (C=O) groups excluding carboxylic acids is 1. The fourth-order valence-corrected chi connectivity index (χ4v) is 6.36. The van der Waals surface area contributed by atoms with E-state index in [0.717, 1.165) is 62.0 Å². The van der Waals surface area contributed by atoms with Crippen molar-refractivity contribution in [1.82, 2.24) is 4.90 Å². The van der Waals surface area contributed by atoms with Gasteiger partial charge in [0.05, 0.1) is 6.10 Å². The lowest BCUT2D eigenvalue weighted by molar-refractivity contribution is -0.131. The molecule has 1 unspecified atom stereocenters. The minimum atomic E-state index is -1.11. The fraction of sp³-hybridized carbons (Fsp3) is 0.366. The number of esters is 1. The van der Waals surface area contributed by atoms with E-state index < -0.39 is 23.6 Å². The Balaban J connectivity index is 0.000000336. The Hall–Kier alpha value is -4.30. The van der Waals surface area contributed by atoms with Gasteiger partial charge in [0.15, 0.2) is 0 Å². The molecule has 0 bridgehead atoms. The van der Waals surface area contributed by atoms with E-state index in [4.69, 9.17) is 5.11 Å². The van der Waals surface area contributed by atoms with Gasteiger partial charge in [-0.05, 0) is 91.0 Å². The van der Waals surface area contributed by atoms with Crippen LogP contribution in [0.5, 0.6) is 5.75 Å². The second-order valence-corrected chi connectivity index (χ2v) is 13.5. The van der Waals surface area contributed by atoms with E-state index in [1.165, 1.54) is 24.6 Å².